The summed E-state index contributed by atoms with van der Waals surface area (Å²) in [5.74, 6) is 1.67. The third-order valence-corrected chi connectivity index (χ3v) is 11.4. The van der Waals surface area contributed by atoms with Gasteiger partial charge in [0.2, 0.25) is 11.8 Å². The lowest BCUT2D eigenvalue weighted by molar-refractivity contribution is -0.125. The maximum Gasteiger partial charge on any atom is 0.336 e. The molecule has 0 radical (unpaired) electrons. The smallest absolute Gasteiger partial charge is 0.336 e. The van der Waals surface area contributed by atoms with Crippen LogP contribution >= 0.6 is 0 Å². The molecule has 1 aliphatic carbocycles. The number of unbranched alkanes of at least 4 members (excludes halogenated alkanes) is 14. The molecule has 0 aliphatic heterocycles. The summed E-state index contributed by atoms with van der Waals surface area (Å²) in [6.07, 6.45) is 22.6. The Morgan fingerprint density at radius 2 is 0.897 bits per heavy atom. The Morgan fingerprint density at radius 1 is 0.534 bits per heavy atom. The minimum absolute atomic E-state index is 0.0325. The summed E-state index contributed by atoms with van der Waals surface area (Å²) in [7, 11) is 0. The Hall–Kier alpha value is -4.60. The molecule has 2 aromatic heterocycles. The zero-order valence-corrected chi connectivity index (χ0v) is 35.0. The summed E-state index contributed by atoms with van der Waals surface area (Å²) in [6, 6.07) is 14.4. The van der Waals surface area contributed by atoms with E-state index in [-0.39, 0.29) is 35.1 Å². The molecular weight excluding hydrogens is 733 g/mol. The van der Waals surface area contributed by atoms with Gasteiger partial charge in [-0.05, 0) is 87.8 Å². The number of hydrogen-bond donors (Lipinski definition) is 2. The minimum Gasteiger partial charge on any atom is -0.493 e. The van der Waals surface area contributed by atoms with Crippen LogP contribution < -0.4 is 31.4 Å². The topological polar surface area (TPSA) is 137 Å². The predicted molar refractivity (Wildman–Crippen MR) is 231 cm³/mol. The standard InChI is InChI=1S/C48H66N2O8/c1-35-31-47(53)57-43-33-37(25-27-39(35)43)55-29-19-13-9-5-3-7-11-15-23-45(51)49-41-21-17-18-22-42(41)50-46(52)24-16-12-8-4-6-10-14-20-30-56-38-26-28-40-36(2)32-48(54)58-44(40)34-38/h25-28,31-34,41-42H,3-24,29-30H2,1-2H3,(H,49,51)(H,50,52)/t41-,42-/m1/s1. The van der Waals surface area contributed by atoms with Gasteiger partial charge in [-0.25, -0.2) is 9.59 Å². The molecule has 0 bridgehead atoms. The number of nitrogens with one attached hydrogen (secondary N) is 2. The van der Waals surface area contributed by atoms with E-state index in [4.69, 9.17) is 18.3 Å². The van der Waals surface area contributed by atoms with Crippen LogP contribution in [0.15, 0.2) is 67.0 Å². The van der Waals surface area contributed by atoms with Gasteiger partial charge >= 0.3 is 11.3 Å². The van der Waals surface area contributed by atoms with Gasteiger partial charge in [-0.15, -0.1) is 0 Å². The summed E-state index contributed by atoms with van der Waals surface area (Å²) in [5.41, 5.74) is 2.25. The minimum atomic E-state index is -0.341. The van der Waals surface area contributed by atoms with Crippen molar-refractivity contribution in [2.45, 2.75) is 167 Å². The largest absolute Gasteiger partial charge is 0.493 e. The molecule has 316 valence electrons. The predicted octanol–water partition coefficient (Wildman–Crippen LogP) is 10.5. The third-order valence-electron chi connectivity index (χ3n) is 11.4. The monoisotopic (exact) mass is 798 g/mol. The van der Waals surface area contributed by atoms with E-state index in [1.54, 1.807) is 12.1 Å². The van der Waals surface area contributed by atoms with E-state index in [1.807, 2.05) is 38.1 Å². The first kappa shape index (κ1) is 44.5. The molecule has 2 N–H and O–H groups in total. The van der Waals surface area contributed by atoms with Gasteiger partial charge in [0, 0.05) is 60.0 Å². The SMILES string of the molecule is Cc1cc(=O)oc2cc(OCCCCCCCCCCC(=O)N[C@@H]3CCCC[C@H]3NC(=O)CCCCCCCCCCOc3ccc4c(C)cc(=O)oc4c3)ccc12. The molecule has 0 saturated heterocycles. The molecule has 5 rings (SSSR count). The number of fused-ring (bicyclic) bond motifs is 2. The molecule has 0 unspecified atom stereocenters. The summed E-state index contributed by atoms with van der Waals surface area (Å²) < 4.78 is 22.4. The molecule has 2 amide bonds. The molecule has 0 spiro atoms. The fraction of sp³-hybridized carbons (Fsp3) is 0.583. The lowest BCUT2D eigenvalue weighted by Gasteiger charge is -2.33. The molecule has 1 saturated carbocycles. The second kappa shape index (κ2) is 24.4. The molecule has 10 heteroatoms. The maximum atomic E-state index is 12.8. The van der Waals surface area contributed by atoms with Crippen LogP contribution in [0.5, 0.6) is 11.5 Å². The van der Waals surface area contributed by atoms with Crippen LogP contribution in [0.4, 0.5) is 0 Å². The molecule has 2 heterocycles. The van der Waals surface area contributed by atoms with E-state index in [9.17, 15) is 19.2 Å². The van der Waals surface area contributed by atoms with E-state index in [0.717, 1.165) is 123 Å². The van der Waals surface area contributed by atoms with Crippen LogP contribution in [0.3, 0.4) is 0 Å². The summed E-state index contributed by atoms with van der Waals surface area (Å²) in [5, 5.41) is 8.36. The van der Waals surface area contributed by atoms with Crippen LogP contribution in [0.25, 0.3) is 21.9 Å². The molecule has 2 atom stereocenters. The number of carbonyl (C=O) groups excluding carboxylic acids is 2. The lowest BCUT2D eigenvalue weighted by atomic mass is 9.90. The van der Waals surface area contributed by atoms with Crippen LogP contribution in [-0.4, -0.2) is 37.1 Å². The van der Waals surface area contributed by atoms with E-state index >= 15 is 0 Å². The van der Waals surface area contributed by atoms with E-state index in [1.165, 1.54) is 50.7 Å². The van der Waals surface area contributed by atoms with Gasteiger partial charge in [-0.1, -0.05) is 89.9 Å². The quantitative estimate of drug-likeness (QED) is 0.0473. The van der Waals surface area contributed by atoms with Crippen LogP contribution in [0.1, 0.15) is 152 Å². The van der Waals surface area contributed by atoms with Crippen LogP contribution in [-0.2, 0) is 9.59 Å². The highest BCUT2D eigenvalue weighted by Crippen LogP contribution is 2.24. The van der Waals surface area contributed by atoms with Crippen LogP contribution in [0, 0.1) is 13.8 Å². The number of rotatable bonds is 26. The number of benzene rings is 2. The highest BCUT2D eigenvalue weighted by atomic mass is 16.5. The van der Waals surface area contributed by atoms with Crippen molar-refractivity contribution in [3.05, 3.63) is 80.5 Å². The first-order valence-corrected chi connectivity index (χ1v) is 22.2. The second-order valence-corrected chi connectivity index (χ2v) is 16.3. The van der Waals surface area contributed by atoms with Crippen molar-refractivity contribution < 1.29 is 27.9 Å². The average Bonchev–Trinajstić information content (AvgIpc) is 3.19. The molecule has 4 aromatic rings. The van der Waals surface area contributed by atoms with Gasteiger partial charge in [-0.2, -0.15) is 0 Å². The molecule has 2 aromatic carbocycles. The third kappa shape index (κ3) is 15.3. The normalized spacial score (nSPS) is 15.4. The highest BCUT2D eigenvalue weighted by molar-refractivity contribution is 5.82. The van der Waals surface area contributed by atoms with Crippen molar-refractivity contribution in [2.24, 2.45) is 0 Å². The van der Waals surface area contributed by atoms with E-state index < -0.39 is 0 Å². The Kier molecular flexibility index (Phi) is 18.7. The Bertz CT molecular complexity index is 1860. The van der Waals surface area contributed by atoms with Gasteiger partial charge in [-0.3, -0.25) is 9.59 Å². The van der Waals surface area contributed by atoms with E-state index in [2.05, 4.69) is 10.6 Å². The van der Waals surface area contributed by atoms with E-state index in [0.29, 0.717) is 37.2 Å². The fourth-order valence-corrected chi connectivity index (χ4v) is 8.10. The van der Waals surface area contributed by atoms with Crippen molar-refractivity contribution in [1.82, 2.24) is 10.6 Å². The van der Waals surface area contributed by atoms with Crippen molar-refractivity contribution in [2.75, 3.05) is 13.2 Å². The van der Waals surface area contributed by atoms with Crippen LogP contribution in [0.2, 0.25) is 0 Å². The number of hydrogen-bond acceptors (Lipinski definition) is 8. The highest BCUT2D eigenvalue weighted by Gasteiger charge is 2.27. The molecule has 1 fully saturated rings. The molecular formula is C48H66N2O8. The second-order valence-electron chi connectivity index (χ2n) is 16.3. The molecule has 10 nitrogen and oxygen atoms in total. The maximum absolute atomic E-state index is 12.8. The Labute approximate surface area is 343 Å². The summed E-state index contributed by atoms with van der Waals surface area (Å²) >= 11 is 0. The number of aryl methyl sites for hydroxylation is 2. The Balaban J connectivity index is 0.813. The van der Waals surface area contributed by atoms with Gasteiger partial charge in [0.15, 0.2) is 0 Å². The first-order chi connectivity index (χ1) is 28.2. The average molecular weight is 799 g/mol. The van der Waals surface area contributed by atoms with Gasteiger partial charge in [0.05, 0.1) is 13.2 Å². The zero-order chi connectivity index (χ0) is 41.0. The van der Waals surface area contributed by atoms with Crippen molar-refractivity contribution >= 4 is 33.8 Å². The van der Waals surface area contributed by atoms with Crippen molar-refractivity contribution in [1.29, 1.82) is 0 Å². The van der Waals surface area contributed by atoms with Crippen molar-refractivity contribution in [3.63, 3.8) is 0 Å². The summed E-state index contributed by atoms with van der Waals surface area (Å²) in [6.45, 7) is 5.09. The Morgan fingerprint density at radius 3 is 1.29 bits per heavy atom. The zero-order valence-electron chi connectivity index (χ0n) is 35.0. The first-order valence-electron chi connectivity index (χ1n) is 22.2. The lowest BCUT2D eigenvalue weighted by Crippen LogP contribution is -2.53. The molecule has 58 heavy (non-hydrogen) atoms. The fourth-order valence-electron chi connectivity index (χ4n) is 8.10. The van der Waals surface area contributed by atoms with Gasteiger partial charge < -0.3 is 28.9 Å². The van der Waals surface area contributed by atoms with Gasteiger partial charge in [0.25, 0.3) is 0 Å². The number of amides is 2. The number of ether oxygens (including phenoxy) is 2. The van der Waals surface area contributed by atoms with Gasteiger partial charge in [0.1, 0.15) is 22.7 Å². The molecule has 1 aliphatic rings. The summed E-state index contributed by atoms with van der Waals surface area (Å²) in [4.78, 5) is 48.9. The number of carbonyl (C=O) groups is 2. The van der Waals surface area contributed by atoms with Crippen molar-refractivity contribution in [3.8, 4) is 11.5 Å².